The second kappa shape index (κ2) is 7.34. The highest BCUT2D eigenvalue weighted by Gasteiger charge is 2.20. The predicted octanol–water partition coefficient (Wildman–Crippen LogP) is 2.19. The van der Waals surface area contributed by atoms with Crippen molar-refractivity contribution in [3.05, 3.63) is 29.6 Å². The summed E-state index contributed by atoms with van der Waals surface area (Å²) in [5.41, 5.74) is 2.44. The first-order valence-corrected chi connectivity index (χ1v) is 8.23. The normalized spacial score (nSPS) is 22.7. The van der Waals surface area contributed by atoms with Crippen molar-refractivity contribution < 1.29 is 4.74 Å². The van der Waals surface area contributed by atoms with Gasteiger partial charge in [-0.3, -0.25) is 4.98 Å². The fourth-order valence-corrected chi connectivity index (χ4v) is 2.94. The number of rotatable bonds is 7. The molecule has 0 radical (unpaired) electrons. The molecular formula is C17H27N3O. The molecule has 0 aromatic carbocycles. The van der Waals surface area contributed by atoms with E-state index in [4.69, 9.17) is 4.74 Å². The fourth-order valence-electron chi connectivity index (χ4n) is 2.94. The number of pyridine rings is 1. The van der Waals surface area contributed by atoms with Gasteiger partial charge in [0.1, 0.15) is 0 Å². The molecule has 0 bridgehead atoms. The zero-order valence-electron chi connectivity index (χ0n) is 13.1. The number of aromatic nitrogens is 1. The van der Waals surface area contributed by atoms with Crippen LogP contribution in [-0.2, 0) is 17.8 Å². The van der Waals surface area contributed by atoms with Crippen molar-refractivity contribution in [2.24, 2.45) is 5.92 Å². The van der Waals surface area contributed by atoms with Crippen molar-refractivity contribution in [2.75, 3.05) is 26.8 Å². The van der Waals surface area contributed by atoms with Gasteiger partial charge in [-0.05, 0) is 50.3 Å². The molecule has 116 valence electrons. The number of nitrogens with one attached hydrogen (secondary N) is 1. The Labute approximate surface area is 127 Å². The zero-order valence-corrected chi connectivity index (χ0v) is 13.1. The Morgan fingerprint density at radius 2 is 2.24 bits per heavy atom. The lowest BCUT2D eigenvalue weighted by molar-refractivity contribution is 0.0410. The Morgan fingerprint density at radius 1 is 1.33 bits per heavy atom. The zero-order chi connectivity index (χ0) is 14.5. The molecule has 1 aromatic heterocycles. The topological polar surface area (TPSA) is 37.4 Å². The van der Waals surface area contributed by atoms with Crippen LogP contribution in [0.4, 0.5) is 0 Å². The van der Waals surface area contributed by atoms with Crippen LogP contribution >= 0.6 is 0 Å². The fraction of sp³-hybridized carbons (Fsp3) is 0.706. The maximum absolute atomic E-state index is 5.55. The van der Waals surface area contributed by atoms with Crippen molar-refractivity contribution in [3.8, 4) is 0 Å². The highest BCUT2D eigenvalue weighted by atomic mass is 16.5. The van der Waals surface area contributed by atoms with E-state index in [0.29, 0.717) is 5.92 Å². The highest BCUT2D eigenvalue weighted by molar-refractivity contribution is 5.14. The Bertz CT molecular complexity index is 424. The first kappa shape index (κ1) is 14.9. The van der Waals surface area contributed by atoms with E-state index < -0.39 is 0 Å². The molecule has 4 heteroatoms. The van der Waals surface area contributed by atoms with Gasteiger partial charge in [-0.1, -0.05) is 6.07 Å². The molecule has 4 nitrogen and oxygen atoms in total. The molecule has 2 fully saturated rings. The highest BCUT2D eigenvalue weighted by Crippen LogP contribution is 2.19. The molecule has 1 saturated carbocycles. The summed E-state index contributed by atoms with van der Waals surface area (Å²) in [4.78, 5) is 6.96. The number of hydrogen-bond donors (Lipinski definition) is 1. The van der Waals surface area contributed by atoms with E-state index in [1.165, 1.54) is 31.2 Å². The molecule has 1 aromatic rings. The lowest BCUT2D eigenvalue weighted by Gasteiger charge is -2.26. The molecule has 1 unspecified atom stereocenters. The number of hydrogen-bond acceptors (Lipinski definition) is 4. The van der Waals surface area contributed by atoms with E-state index in [1.807, 2.05) is 6.20 Å². The van der Waals surface area contributed by atoms with Gasteiger partial charge in [-0.25, -0.2) is 0 Å². The van der Waals surface area contributed by atoms with E-state index in [9.17, 15) is 0 Å². The Hall–Kier alpha value is -0.970. The molecule has 1 saturated heterocycles. The van der Waals surface area contributed by atoms with Crippen LogP contribution in [-0.4, -0.2) is 42.7 Å². The second-order valence-electron chi connectivity index (χ2n) is 6.59. The van der Waals surface area contributed by atoms with E-state index in [-0.39, 0.29) is 0 Å². The van der Waals surface area contributed by atoms with E-state index in [2.05, 4.69) is 34.4 Å². The third-order valence-corrected chi connectivity index (χ3v) is 4.31. The van der Waals surface area contributed by atoms with E-state index in [1.54, 1.807) is 0 Å². The van der Waals surface area contributed by atoms with Crippen molar-refractivity contribution in [2.45, 2.75) is 44.8 Å². The van der Waals surface area contributed by atoms with Crippen molar-refractivity contribution in [1.82, 2.24) is 15.2 Å². The van der Waals surface area contributed by atoms with E-state index in [0.717, 1.165) is 44.6 Å². The summed E-state index contributed by atoms with van der Waals surface area (Å²) in [7, 11) is 2.18. The Morgan fingerprint density at radius 3 is 2.90 bits per heavy atom. The SMILES string of the molecule is CN(Cc1ccc(CNC2CC2)cn1)CC1CCCOC1. The minimum atomic E-state index is 0.686. The quantitative estimate of drug-likeness (QED) is 0.835. The number of ether oxygens (including phenoxy) is 1. The molecule has 1 aliphatic heterocycles. The average molecular weight is 289 g/mol. The monoisotopic (exact) mass is 289 g/mol. The summed E-state index contributed by atoms with van der Waals surface area (Å²) in [6.45, 7) is 4.84. The van der Waals surface area contributed by atoms with Gasteiger partial charge in [0.05, 0.1) is 12.3 Å². The molecule has 0 amide bonds. The van der Waals surface area contributed by atoms with Crippen molar-refractivity contribution in [1.29, 1.82) is 0 Å². The molecule has 0 spiro atoms. The molecule has 2 aliphatic rings. The minimum Gasteiger partial charge on any atom is -0.381 e. The van der Waals surface area contributed by atoms with Crippen LogP contribution in [0.1, 0.15) is 36.9 Å². The van der Waals surface area contributed by atoms with Crippen LogP contribution in [0.3, 0.4) is 0 Å². The van der Waals surface area contributed by atoms with Gasteiger partial charge in [-0.2, -0.15) is 0 Å². The van der Waals surface area contributed by atoms with Gasteiger partial charge in [0.15, 0.2) is 0 Å². The summed E-state index contributed by atoms with van der Waals surface area (Å²) in [5, 5.41) is 3.52. The summed E-state index contributed by atoms with van der Waals surface area (Å²) < 4.78 is 5.55. The van der Waals surface area contributed by atoms with Gasteiger partial charge < -0.3 is 15.0 Å². The summed E-state index contributed by atoms with van der Waals surface area (Å²) >= 11 is 0. The van der Waals surface area contributed by atoms with Crippen LogP contribution in [0.5, 0.6) is 0 Å². The van der Waals surface area contributed by atoms with E-state index >= 15 is 0 Å². The maximum atomic E-state index is 5.55. The largest absolute Gasteiger partial charge is 0.381 e. The smallest absolute Gasteiger partial charge is 0.0544 e. The molecule has 2 heterocycles. The Balaban J connectivity index is 1.42. The Kier molecular flexibility index (Phi) is 5.22. The lowest BCUT2D eigenvalue weighted by Crippen LogP contribution is -2.30. The van der Waals surface area contributed by atoms with Gasteiger partial charge in [0, 0.05) is 38.5 Å². The minimum absolute atomic E-state index is 0.686. The molecule has 1 atom stereocenters. The first-order valence-electron chi connectivity index (χ1n) is 8.23. The third-order valence-electron chi connectivity index (χ3n) is 4.31. The molecular weight excluding hydrogens is 262 g/mol. The van der Waals surface area contributed by atoms with Crippen molar-refractivity contribution in [3.63, 3.8) is 0 Å². The third kappa shape index (κ3) is 5.06. The van der Waals surface area contributed by atoms with Crippen LogP contribution < -0.4 is 5.32 Å². The van der Waals surface area contributed by atoms with Gasteiger partial charge >= 0.3 is 0 Å². The average Bonchev–Trinajstić information content (AvgIpc) is 3.32. The number of nitrogens with zero attached hydrogens (tertiary/aromatic N) is 2. The summed E-state index contributed by atoms with van der Waals surface area (Å²) in [5.74, 6) is 0.686. The van der Waals surface area contributed by atoms with Crippen LogP contribution in [0.15, 0.2) is 18.3 Å². The predicted molar refractivity (Wildman–Crippen MR) is 84.0 cm³/mol. The van der Waals surface area contributed by atoms with Gasteiger partial charge in [0.25, 0.3) is 0 Å². The van der Waals surface area contributed by atoms with Crippen LogP contribution in [0.2, 0.25) is 0 Å². The van der Waals surface area contributed by atoms with Crippen LogP contribution in [0.25, 0.3) is 0 Å². The van der Waals surface area contributed by atoms with Crippen molar-refractivity contribution >= 4 is 0 Å². The first-order chi connectivity index (χ1) is 10.3. The summed E-state index contributed by atoms with van der Waals surface area (Å²) in [6, 6.07) is 5.13. The van der Waals surface area contributed by atoms with Gasteiger partial charge in [0.2, 0.25) is 0 Å². The standard InChI is InChI=1S/C17H27N3O/c1-20(11-15-3-2-8-21-13-15)12-17-5-4-14(10-19-17)9-18-16-6-7-16/h4-5,10,15-16,18H,2-3,6-9,11-13H2,1H3. The summed E-state index contributed by atoms with van der Waals surface area (Å²) in [6.07, 6.45) is 7.19. The lowest BCUT2D eigenvalue weighted by atomic mass is 10.0. The molecule has 21 heavy (non-hydrogen) atoms. The molecule has 1 aliphatic carbocycles. The second-order valence-corrected chi connectivity index (χ2v) is 6.59. The maximum Gasteiger partial charge on any atom is 0.0544 e. The molecule has 3 rings (SSSR count). The molecule has 1 N–H and O–H groups in total. The van der Waals surface area contributed by atoms with Crippen LogP contribution in [0, 0.1) is 5.92 Å². The van der Waals surface area contributed by atoms with Gasteiger partial charge in [-0.15, -0.1) is 0 Å².